The molecule has 0 atom stereocenters. The van der Waals surface area contributed by atoms with Gasteiger partial charge in [-0.2, -0.15) is 0 Å². The van der Waals surface area contributed by atoms with Crippen molar-refractivity contribution in [3.05, 3.63) is 59.0 Å². The van der Waals surface area contributed by atoms with Gasteiger partial charge in [-0.25, -0.2) is 9.97 Å². The van der Waals surface area contributed by atoms with E-state index in [-0.39, 0.29) is 0 Å². The van der Waals surface area contributed by atoms with E-state index in [1.165, 1.54) is 10.9 Å². The molecule has 0 fully saturated rings. The summed E-state index contributed by atoms with van der Waals surface area (Å²) in [5.74, 6) is 0.807. The predicted molar refractivity (Wildman–Crippen MR) is 106 cm³/mol. The van der Waals surface area contributed by atoms with Crippen LogP contribution in [0.4, 0.5) is 11.5 Å². The van der Waals surface area contributed by atoms with Crippen molar-refractivity contribution < 1.29 is 0 Å². The number of fused-ring (bicyclic) bond motifs is 2. The third-order valence-corrected chi connectivity index (χ3v) is 4.59. The number of hydrogen-bond acceptors (Lipinski definition) is 4. The standard InChI is InChI=1S/C19H18BrN5/c1-25(2)10-12-9-21-17-8-18-16(7-15(12)17)19(23-11-22-18)24-14-5-3-4-13(20)6-14/h3-9,11,21H,10H2,1-2H3,(H,22,23,24). The first-order valence-electron chi connectivity index (χ1n) is 8.02. The fourth-order valence-corrected chi connectivity index (χ4v) is 3.40. The highest BCUT2D eigenvalue weighted by atomic mass is 79.9. The van der Waals surface area contributed by atoms with Crippen LogP contribution in [0.15, 0.2) is 53.4 Å². The molecule has 2 aromatic heterocycles. The molecule has 0 amide bonds. The van der Waals surface area contributed by atoms with E-state index < -0.39 is 0 Å². The molecule has 2 aromatic carbocycles. The van der Waals surface area contributed by atoms with Crippen molar-refractivity contribution >= 4 is 49.2 Å². The second kappa shape index (κ2) is 6.46. The van der Waals surface area contributed by atoms with E-state index in [0.717, 1.165) is 38.9 Å². The number of hydrogen-bond donors (Lipinski definition) is 2. The molecule has 126 valence electrons. The lowest BCUT2D eigenvalue weighted by Crippen LogP contribution is -2.10. The summed E-state index contributed by atoms with van der Waals surface area (Å²) in [4.78, 5) is 14.4. The van der Waals surface area contributed by atoms with Crippen molar-refractivity contribution in [3.8, 4) is 0 Å². The second-order valence-electron chi connectivity index (χ2n) is 6.32. The number of halogens is 1. The molecule has 0 aliphatic heterocycles. The van der Waals surface area contributed by atoms with Crippen LogP contribution < -0.4 is 5.32 Å². The molecule has 5 nitrogen and oxygen atoms in total. The molecular formula is C19H18BrN5. The Morgan fingerprint density at radius 2 is 2.00 bits per heavy atom. The van der Waals surface area contributed by atoms with Crippen LogP contribution in [0.25, 0.3) is 21.8 Å². The fourth-order valence-electron chi connectivity index (χ4n) is 3.00. The average molecular weight is 396 g/mol. The molecule has 25 heavy (non-hydrogen) atoms. The van der Waals surface area contributed by atoms with Gasteiger partial charge in [0.1, 0.15) is 12.1 Å². The van der Waals surface area contributed by atoms with Crippen LogP contribution in [-0.2, 0) is 6.54 Å². The number of H-pyrrole nitrogens is 1. The van der Waals surface area contributed by atoms with Gasteiger partial charge in [0.05, 0.1) is 5.52 Å². The maximum atomic E-state index is 4.46. The molecular weight excluding hydrogens is 378 g/mol. The number of nitrogens with one attached hydrogen (secondary N) is 2. The SMILES string of the molecule is CN(C)Cc1c[nH]c2cc3ncnc(Nc4cccc(Br)c4)c3cc12. The summed E-state index contributed by atoms with van der Waals surface area (Å²) in [7, 11) is 4.15. The van der Waals surface area contributed by atoms with Gasteiger partial charge in [-0.15, -0.1) is 0 Å². The third-order valence-electron chi connectivity index (χ3n) is 4.10. The zero-order valence-corrected chi connectivity index (χ0v) is 15.6. The minimum absolute atomic E-state index is 0.807. The number of rotatable bonds is 4. The summed E-state index contributed by atoms with van der Waals surface area (Å²) in [5.41, 5.74) is 4.26. The third kappa shape index (κ3) is 3.23. The highest BCUT2D eigenvalue weighted by molar-refractivity contribution is 9.10. The number of aromatic nitrogens is 3. The van der Waals surface area contributed by atoms with E-state index in [4.69, 9.17) is 0 Å². The first-order valence-corrected chi connectivity index (χ1v) is 8.81. The van der Waals surface area contributed by atoms with E-state index in [1.807, 2.05) is 24.3 Å². The maximum Gasteiger partial charge on any atom is 0.141 e. The van der Waals surface area contributed by atoms with Crippen LogP contribution in [0, 0.1) is 0 Å². The monoisotopic (exact) mass is 395 g/mol. The molecule has 0 radical (unpaired) electrons. The van der Waals surface area contributed by atoms with Crippen molar-refractivity contribution in [3.63, 3.8) is 0 Å². The summed E-state index contributed by atoms with van der Waals surface area (Å²) in [5, 5.41) is 5.61. The topological polar surface area (TPSA) is 56.8 Å². The van der Waals surface area contributed by atoms with Crippen LogP contribution in [0.5, 0.6) is 0 Å². The number of anilines is 2. The van der Waals surface area contributed by atoms with Gasteiger partial charge in [0.25, 0.3) is 0 Å². The Balaban J connectivity index is 1.84. The molecule has 0 saturated carbocycles. The van der Waals surface area contributed by atoms with Crippen molar-refractivity contribution in [1.29, 1.82) is 0 Å². The first kappa shape index (κ1) is 16.1. The van der Waals surface area contributed by atoms with Gasteiger partial charge in [0.2, 0.25) is 0 Å². The molecule has 4 rings (SSSR count). The molecule has 0 bridgehead atoms. The molecule has 0 unspecified atom stereocenters. The molecule has 2 N–H and O–H groups in total. The van der Waals surface area contributed by atoms with Crippen LogP contribution >= 0.6 is 15.9 Å². The quantitative estimate of drug-likeness (QED) is 0.526. The summed E-state index contributed by atoms with van der Waals surface area (Å²) in [6.07, 6.45) is 3.66. The Labute approximate surface area is 154 Å². The van der Waals surface area contributed by atoms with Crippen molar-refractivity contribution in [1.82, 2.24) is 19.9 Å². The Hall–Kier alpha value is -2.44. The molecule has 6 heteroatoms. The van der Waals surface area contributed by atoms with Gasteiger partial charge in [0.15, 0.2) is 0 Å². The molecule has 0 saturated heterocycles. The second-order valence-corrected chi connectivity index (χ2v) is 7.24. The Morgan fingerprint density at radius 1 is 1.12 bits per heavy atom. The lowest BCUT2D eigenvalue weighted by molar-refractivity contribution is 0.404. The van der Waals surface area contributed by atoms with Crippen molar-refractivity contribution in [2.24, 2.45) is 0 Å². The lowest BCUT2D eigenvalue weighted by atomic mass is 10.1. The van der Waals surface area contributed by atoms with E-state index in [1.54, 1.807) is 6.33 Å². The van der Waals surface area contributed by atoms with E-state index in [2.05, 4.69) is 73.5 Å². The normalized spacial score (nSPS) is 11.5. The minimum atomic E-state index is 0.807. The first-order chi connectivity index (χ1) is 12.1. The smallest absolute Gasteiger partial charge is 0.141 e. The van der Waals surface area contributed by atoms with Gasteiger partial charge in [-0.1, -0.05) is 22.0 Å². The molecule has 4 aromatic rings. The number of benzene rings is 2. The zero-order valence-electron chi connectivity index (χ0n) is 14.0. The van der Waals surface area contributed by atoms with E-state index in [9.17, 15) is 0 Å². The minimum Gasteiger partial charge on any atom is -0.361 e. The van der Waals surface area contributed by atoms with E-state index in [0.29, 0.717) is 0 Å². The summed E-state index contributed by atoms with van der Waals surface area (Å²) in [6.45, 7) is 0.883. The molecule has 0 aliphatic rings. The van der Waals surface area contributed by atoms with E-state index >= 15 is 0 Å². The largest absolute Gasteiger partial charge is 0.361 e. The number of nitrogens with zero attached hydrogens (tertiary/aromatic N) is 3. The lowest BCUT2D eigenvalue weighted by Gasteiger charge is -2.10. The Kier molecular flexibility index (Phi) is 4.15. The summed E-state index contributed by atoms with van der Waals surface area (Å²) >= 11 is 3.50. The Bertz CT molecular complexity index is 1050. The highest BCUT2D eigenvalue weighted by Crippen LogP contribution is 2.29. The molecule has 0 aliphatic carbocycles. The predicted octanol–water partition coefficient (Wildman–Crippen LogP) is 4.68. The van der Waals surface area contributed by atoms with Crippen LogP contribution in [0.3, 0.4) is 0 Å². The van der Waals surface area contributed by atoms with Gasteiger partial charge in [-0.05, 0) is 50.0 Å². The van der Waals surface area contributed by atoms with Gasteiger partial charge < -0.3 is 15.2 Å². The van der Waals surface area contributed by atoms with Gasteiger partial charge >= 0.3 is 0 Å². The number of aromatic amines is 1. The summed E-state index contributed by atoms with van der Waals surface area (Å²) < 4.78 is 1.03. The van der Waals surface area contributed by atoms with Crippen LogP contribution in [-0.4, -0.2) is 33.9 Å². The van der Waals surface area contributed by atoms with Crippen molar-refractivity contribution in [2.45, 2.75) is 6.54 Å². The maximum absolute atomic E-state index is 4.46. The van der Waals surface area contributed by atoms with Gasteiger partial charge in [-0.3, -0.25) is 0 Å². The molecule has 0 spiro atoms. The zero-order chi connectivity index (χ0) is 17.4. The molecule has 2 heterocycles. The van der Waals surface area contributed by atoms with Crippen LogP contribution in [0.1, 0.15) is 5.56 Å². The van der Waals surface area contributed by atoms with Crippen molar-refractivity contribution in [2.75, 3.05) is 19.4 Å². The average Bonchev–Trinajstić information content (AvgIpc) is 2.95. The highest BCUT2D eigenvalue weighted by Gasteiger charge is 2.10. The Morgan fingerprint density at radius 3 is 2.80 bits per heavy atom. The van der Waals surface area contributed by atoms with Gasteiger partial charge in [0, 0.05) is 39.2 Å². The fraction of sp³-hybridized carbons (Fsp3) is 0.158. The van der Waals surface area contributed by atoms with Crippen LogP contribution in [0.2, 0.25) is 0 Å². The summed E-state index contributed by atoms with van der Waals surface area (Å²) in [6, 6.07) is 12.3.